The van der Waals surface area contributed by atoms with Crippen molar-refractivity contribution in [3.8, 4) is 5.75 Å². The first-order valence-corrected chi connectivity index (χ1v) is 5.09. The second kappa shape index (κ2) is 3.70. The molecule has 0 fully saturated rings. The van der Waals surface area contributed by atoms with Gasteiger partial charge in [-0.2, -0.15) is 0 Å². The van der Waals surface area contributed by atoms with E-state index in [9.17, 15) is 0 Å². The molecule has 0 atom stereocenters. The summed E-state index contributed by atoms with van der Waals surface area (Å²) < 4.78 is 6.43. The molecule has 1 rings (SSSR count). The van der Waals surface area contributed by atoms with E-state index < -0.39 is 0 Å². The van der Waals surface area contributed by atoms with E-state index in [0.717, 1.165) is 10.2 Å². The zero-order chi connectivity index (χ0) is 10.1. The quantitative estimate of drug-likeness (QED) is 0.729. The molecule has 0 bridgehead atoms. The fourth-order valence-electron chi connectivity index (χ4n) is 1.40. The first-order valence-electron chi connectivity index (χ1n) is 4.30. The molecule has 0 aliphatic rings. The lowest BCUT2D eigenvalue weighted by atomic mass is 9.86. The van der Waals surface area contributed by atoms with Gasteiger partial charge in [0.15, 0.2) is 0 Å². The highest BCUT2D eigenvalue weighted by Crippen LogP contribution is 2.36. The number of halogens is 1. The highest BCUT2D eigenvalue weighted by molar-refractivity contribution is 9.10. The third-order valence-electron chi connectivity index (χ3n) is 1.95. The van der Waals surface area contributed by atoms with Crippen molar-refractivity contribution in [2.24, 2.45) is 0 Å². The molecule has 0 unspecified atom stereocenters. The Labute approximate surface area is 88.2 Å². The van der Waals surface area contributed by atoms with Gasteiger partial charge in [0, 0.05) is 10.0 Å². The maximum atomic E-state index is 5.32. The summed E-state index contributed by atoms with van der Waals surface area (Å²) in [7, 11) is 1.71. The Bertz CT molecular complexity index is 299. The van der Waals surface area contributed by atoms with Crippen molar-refractivity contribution >= 4 is 15.9 Å². The Balaban J connectivity index is 3.32. The maximum Gasteiger partial charge on any atom is 0.123 e. The van der Waals surface area contributed by atoms with Crippen LogP contribution in [0.4, 0.5) is 0 Å². The molecule has 0 radical (unpaired) electrons. The van der Waals surface area contributed by atoms with Gasteiger partial charge in [-0.3, -0.25) is 0 Å². The van der Waals surface area contributed by atoms with Crippen LogP contribution in [0.1, 0.15) is 26.3 Å². The second-order valence-electron chi connectivity index (χ2n) is 4.07. The van der Waals surface area contributed by atoms with Crippen LogP contribution in [-0.4, -0.2) is 7.11 Å². The van der Waals surface area contributed by atoms with Gasteiger partial charge in [-0.25, -0.2) is 0 Å². The lowest BCUT2D eigenvalue weighted by Gasteiger charge is -2.23. The number of methoxy groups -OCH3 is 1. The first-order chi connectivity index (χ1) is 5.96. The van der Waals surface area contributed by atoms with Crippen LogP contribution in [0.25, 0.3) is 0 Å². The summed E-state index contributed by atoms with van der Waals surface area (Å²) in [4.78, 5) is 0. The summed E-state index contributed by atoms with van der Waals surface area (Å²) in [5, 5.41) is 0. The first kappa shape index (κ1) is 10.6. The van der Waals surface area contributed by atoms with Gasteiger partial charge in [-0.05, 0) is 17.5 Å². The maximum absolute atomic E-state index is 5.32. The summed E-state index contributed by atoms with van der Waals surface area (Å²) in [5.41, 5.74) is 1.32. The highest BCUT2D eigenvalue weighted by atomic mass is 79.9. The Kier molecular flexibility index (Phi) is 3.01. The number of hydrogen-bond donors (Lipinski definition) is 0. The van der Waals surface area contributed by atoms with Crippen LogP contribution in [0.5, 0.6) is 5.75 Å². The van der Waals surface area contributed by atoms with Crippen LogP contribution in [0, 0.1) is 0 Å². The van der Waals surface area contributed by atoms with Gasteiger partial charge in [0.25, 0.3) is 0 Å². The summed E-state index contributed by atoms with van der Waals surface area (Å²) in [5.74, 6) is 0.946. The molecule has 13 heavy (non-hydrogen) atoms. The molecule has 0 heterocycles. The third kappa shape index (κ3) is 2.25. The minimum Gasteiger partial charge on any atom is -0.496 e. The molecular weight excluding hydrogens is 228 g/mol. The van der Waals surface area contributed by atoms with Crippen molar-refractivity contribution in [3.05, 3.63) is 28.2 Å². The highest BCUT2D eigenvalue weighted by Gasteiger charge is 2.21. The van der Waals surface area contributed by atoms with Crippen LogP contribution in [0.15, 0.2) is 22.7 Å². The smallest absolute Gasteiger partial charge is 0.123 e. The lowest BCUT2D eigenvalue weighted by Crippen LogP contribution is -2.13. The second-order valence-corrected chi connectivity index (χ2v) is 4.92. The van der Waals surface area contributed by atoms with Crippen molar-refractivity contribution < 1.29 is 4.74 Å². The fraction of sp³-hybridized carbons (Fsp3) is 0.455. The van der Waals surface area contributed by atoms with Crippen LogP contribution in [0.2, 0.25) is 0 Å². The van der Waals surface area contributed by atoms with Gasteiger partial charge in [0.1, 0.15) is 5.75 Å². The summed E-state index contributed by atoms with van der Waals surface area (Å²) in [6.45, 7) is 6.53. The number of rotatable bonds is 1. The lowest BCUT2D eigenvalue weighted by molar-refractivity contribution is 0.397. The molecule has 0 spiro atoms. The standard InChI is InChI=1S/C11H15BrO/c1-11(2,3)10-8(12)6-5-7-9(10)13-4/h5-7H,1-4H3. The molecule has 0 aromatic heterocycles. The van der Waals surface area contributed by atoms with E-state index in [1.165, 1.54) is 5.56 Å². The average molecular weight is 243 g/mol. The number of benzene rings is 1. The molecule has 0 amide bonds. The normalized spacial score (nSPS) is 11.5. The van der Waals surface area contributed by atoms with E-state index in [2.05, 4.69) is 36.7 Å². The minimum atomic E-state index is 0.103. The summed E-state index contributed by atoms with van der Waals surface area (Å²) >= 11 is 3.54. The molecule has 0 aliphatic heterocycles. The van der Waals surface area contributed by atoms with E-state index in [1.54, 1.807) is 7.11 Å². The monoisotopic (exact) mass is 242 g/mol. The minimum absolute atomic E-state index is 0.103. The molecule has 1 aromatic rings. The van der Waals surface area contributed by atoms with Gasteiger partial charge in [-0.15, -0.1) is 0 Å². The van der Waals surface area contributed by atoms with Crippen LogP contribution in [-0.2, 0) is 5.41 Å². The van der Waals surface area contributed by atoms with Crippen molar-refractivity contribution in [2.75, 3.05) is 7.11 Å². The predicted molar refractivity (Wildman–Crippen MR) is 59.4 cm³/mol. The fourth-order valence-corrected chi connectivity index (χ4v) is 2.35. The zero-order valence-electron chi connectivity index (χ0n) is 8.52. The molecule has 1 nitrogen and oxygen atoms in total. The Morgan fingerprint density at radius 1 is 1.23 bits per heavy atom. The van der Waals surface area contributed by atoms with Crippen LogP contribution in [0.3, 0.4) is 0 Å². The molecule has 0 saturated heterocycles. The van der Waals surface area contributed by atoms with Gasteiger partial charge in [0.05, 0.1) is 7.11 Å². The molecule has 2 heteroatoms. The largest absolute Gasteiger partial charge is 0.496 e. The predicted octanol–water partition coefficient (Wildman–Crippen LogP) is 3.76. The Morgan fingerprint density at radius 2 is 1.85 bits per heavy atom. The van der Waals surface area contributed by atoms with Crippen molar-refractivity contribution in [2.45, 2.75) is 26.2 Å². The van der Waals surface area contributed by atoms with Gasteiger partial charge < -0.3 is 4.74 Å². The number of ether oxygens (including phenoxy) is 1. The van der Waals surface area contributed by atoms with E-state index in [4.69, 9.17) is 4.74 Å². The number of hydrogen-bond acceptors (Lipinski definition) is 1. The Morgan fingerprint density at radius 3 is 2.23 bits per heavy atom. The third-order valence-corrected chi connectivity index (χ3v) is 2.61. The van der Waals surface area contributed by atoms with E-state index in [-0.39, 0.29) is 5.41 Å². The molecule has 0 aliphatic carbocycles. The van der Waals surface area contributed by atoms with E-state index >= 15 is 0 Å². The van der Waals surface area contributed by atoms with Crippen molar-refractivity contribution in [3.63, 3.8) is 0 Å². The Hall–Kier alpha value is -0.500. The van der Waals surface area contributed by atoms with Crippen molar-refractivity contribution in [1.29, 1.82) is 0 Å². The van der Waals surface area contributed by atoms with Crippen LogP contribution >= 0.6 is 15.9 Å². The SMILES string of the molecule is COc1cccc(Br)c1C(C)(C)C. The van der Waals surface area contributed by atoms with Crippen LogP contribution < -0.4 is 4.74 Å². The average Bonchev–Trinajstić information content (AvgIpc) is 2.01. The van der Waals surface area contributed by atoms with E-state index in [1.807, 2.05) is 18.2 Å². The summed E-state index contributed by atoms with van der Waals surface area (Å²) in [6.07, 6.45) is 0. The topological polar surface area (TPSA) is 9.23 Å². The van der Waals surface area contributed by atoms with Gasteiger partial charge >= 0.3 is 0 Å². The van der Waals surface area contributed by atoms with Gasteiger partial charge in [0.2, 0.25) is 0 Å². The zero-order valence-corrected chi connectivity index (χ0v) is 10.1. The van der Waals surface area contributed by atoms with E-state index in [0.29, 0.717) is 0 Å². The molecule has 1 aromatic carbocycles. The molecule has 72 valence electrons. The molecular formula is C11H15BrO. The molecule has 0 N–H and O–H groups in total. The molecule has 0 saturated carbocycles. The summed E-state index contributed by atoms with van der Waals surface area (Å²) in [6, 6.07) is 6.02. The van der Waals surface area contributed by atoms with Gasteiger partial charge in [-0.1, -0.05) is 42.8 Å². The van der Waals surface area contributed by atoms with Crippen molar-refractivity contribution in [1.82, 2.24) is 0 Å².